The molecule has 7 nitrogen and oxygen atoms in total. The Balaban J connectivity index is 1.68. The number of hydrogen-bond acceptors (Lipinski definition) is 7. The van der Waals surface area contributed by atoms with Gasteiger partial charge in [-0.2, -0.15) is 0 Å². The number of morpholine rings is 1. The summed E-state index contributed by atoms with van der Waals surface area (Å²) >= 11 is 0. The van der Waals surface area contributed by atoms with Crippen molar-refractivity contribution in [2.24, 2.45) is 0 Å². The van der Waals surface area contributed by atoms with Gasteiger partial charge in [0.2, 0.25) is 0 Å². The van der Waals surface area contributed by atoms with Crippen molar-refractivity contribution in [2.75, 3.05) is 43.1 Å². The van der Waals surface area contributed by atoms with Crippen LogP contribution in [0, 0.1) is 0 Å². The number of rotatable bonds is 5. The van der Waals surface area contributed by atoms with Gasteiger partial charge in [0.15, 0.2) is 0 Å². The molecule has 1 aliphatic heterocycles. The fourth-order valence-electron chi connectivity index (χ4n) is 2.43. The molecule has 0 aliphatic carbocycles. The molecule has 2 aromatic rings. The van der Waals surface area contributed by atoms with Crippen molar-refractivity contribution in [3.8, 4) is 0 Å². The first-order chi connectivity index (χ1) is 11.8. The van der Waals surface area contributed by atoms with E-state index >= 15 is 0 Å². The predicted octanol–water partition coefficient (Wildman–Crippen LogP) is 2.23. The molecule has 3 rings (SSSR count). The molecule has 2 heterocycles. The van der Waals surface area contributed by atoms with Crippen molar-refractivity contribution in [3.63, 3.8) is 0 Å². The van der Waals surface area contributed by atoms with Gasteiger partial charge in [-0.25, -0.2) is 14.8 Å². The van der Waals surface area contributed by atoms with Gasteiger partial charge in [-0.15, -0.1) is 0 Å². The Hall–Kier alpha value is -2.67. The smallest absolute Gasteiger partial charge is 0.338 e. The van der Waals surface area contributed by atoms with Crippen molar-refractivity contribution in [1.82, 2.24) is 9.97 Å². The number of carbonyl (C=O) groups is 1. The van der Waals surface area contributed by atoms with Gasteiger partial charge in [0.25, 0.3) is 0 Å². The van der Waals surface area contributed by atoms with Crippen molar-refractivity contribution >= 4 is 23.3 Å². The third-order valence-corrected chi connectivity index (χ3v) is 3.66. The lowest BCUT2D eigenvalue weighted by atomic mass is 10.2. The molecule has 0 atom stereocenters. The highest BCUT2D eigenvalue weighted by Crippen LogP contribution is 2.20. The lowest BCUT2D eigenvalue weighted by Crippen LogP contribution is -2.36. The van der Waals surface area contributed by atoms with E-state index in [1.54, 1.807) is 25.4 Å². The van der Waals surface area contributed by atoms with E-state index in [1.807, 2.05) is 18.2 Å². The summed E-state index contributed by atoms with van der Waals surface area (Å²) < 4.78 is 10.3. The quantitative estimate of drug-likeness (QED) is 0.843. The molecule has 0 saturated carbocycles. The molecule has 1 aromatic heterocycles. The van der Waals surface area contributed by atoms with Crippen molar-refractivity contribution in [1.29, 1.82) is 0 Å². The minimum atomic E-state index is -0.319. The first-order valence-corrected chi connectivity index (χ1v) is 7.95. The molecular formula is C17H20N4O3. The van der Waals surface area contributed by atoms with Crippen molar-refractivity contribution in [2.45, 2.75) is 6.92 Å². The molecule has 7 heteroatoms. The lowest BCUT2D eigenvalue weighted by molar-refractivity contribution is 0.0526. The van der Waals surface area contributed by atoms with Gasteiger partial charge in [0, 0.05) is 24.8 Å². The van der Waals surface area contributed by atoms with Crippen LogP contribution in [0.1, 0.15) is 17.3 Å². The molecule has 0 spiro atoms. The number of nitrogens with zero attached hydrogens (tertiary/aromatic N) is 3. The molecule has 0 radical (unpaired) electrons. The van der Waals surface area contributed by atoms with Gasteiger partial charge in [-0.3, -0.25) is 0 Å². The zero-order chi connectivity index (χ0) is 16.8. The Morgan fingerprint density at radius 2 is 2.00 bits per heavy atom. The summed E-state index contributed by atoms with van der Waals surface area (Å²) in [6.07, 6.45) is 1.54. The van der Waals surface area contributed by atoms with E-state index in [1.165, 1.54) is 0 Å². The van der Waals surface area contributed by atoms with E-state index in [2.05, 4.69) is 20.2 Å². The summed E-state index contributed by atoms with van der Waals surface area (Å²) in [5.41, 5.74) is 1.37. The molecule has 1 N–H and O–H groups in total. The van der Waals surface area contributed by atoms with Crippen LogP contribution in [0.15, 0.2) is 36.7 Å². The maximum absolute atomic E-state index is 11.7. The Morgan fingerprint density at radius 3 is 2.71 bits per heavy atom. The highest BCUT2D eigenvalue weighted by molar-refractivity contribution is 5.89. The molecule has 0 amide bonds. The Morgan fingerprint density at radius 1 is 1.25 bits per heavy atom. The first kappa shape index (κ1) is 16.2. The molecule has 1 fully saturated rings. The highest BCUT2D eigenvalue weighted by atomic mass is 16.5. The summed E-state index contributed by atoms with van der Waals surface area (Å²) in [6.45, 7) is 5.22. The van der Waals surface area contributed by atoms with Crippen LogP contribution in [0.2, 0.25) is 0 Å². The van der Waals surface area contributed by atoms with Crippen LogP contribution in [-0.4, -0.2) is 48.8 Å². The molecule has 126 valence electrons. The first-order valence-electron chi connectivity index (χ1n) is 7.95. The standard InChI is InChI=1S/C17H20N4O3/c1-2-24-17(22)13-3-5-14(6-4-13)20-15-11-16(19-12-18-15)21-7-9-23-10-8-21/h3-6,11-12H,2,7-10H2,1H3,(H,18,19,20). The van der Waals surface area contributed by atoms with Crippen LogP contribution in [0.5, 0.6) is 0 Å². The van der Waals surface area contributed by atoms with E-state index in [0.717, 1.165) is 24.6 Å². The number of esters is 1. The summed E-state index contributed by atoms with van der Waals surface area (Å²) in [4.78, 5) is 22.4. The van der Waals surface area contributed by atoms with E-state index in [4.69, 9.17) is 9.47 Å². The summed E-state index contributed by atoms with van der Waals surface area (Å²) in [5, 5.41) is 3.22. The van der Waals surface area contributed by atoms with Gasteiger partial charge in [0.05, 0.1) is 25.4 Å². The fraction of sp³-hybridized carbons (Fsp3) is 0.353. The summed E-state index contributed by atoms with van der Waals surface area (Å²) in [5.74, 6) is 1.26. The van der Waals surface area contributed by atoms with Gasteiger partial charge in [0.1, 0.15) is 18.0 Å². The third-order valence-electron chi connectivity index (χ3n) is 3.66. The van der Waals surface area contributed by atoms with Crippen LogP contribution in [-0.2, 0) is 9.47 Å². The molecule has 1 aromatic carbocycles. The second-order valence-corrected chi connectivity index (χ2v) is 5.28. The number of benzene rings is 1. The minimum Gasteiger partial charge on any atom is -0.462 e. The van der Waals surface area contributed by atoms with E-state index in [9.17, 15) is 4.79 Å². The highest BCUT2D eigenvalue weighted by Gasteiger charge is 2.13. The summed E-state index contributed by atoms with van der Waals surface area (Å²) in [6, 6.07) is 9.00. The number of anilines is 3. The van der Waals surface area contributed by atoms with E-state index in [0.29, 0.717) is 31.2 Å². The van der Waals surface area contributed by atoms with E-state index in [-0.39, 0.29) is 5.97 Å². The van der Waals surface area contributed by atoms with Crippen LogP contribution < -0.4 is 10.2 Å². The Bertz CT molecular complexity index is 684. The Kier molecular flexibility index (Phi) is 5.22. The van der Waals surface area contributed by atoms with Gasteiger partial charge in [-0.05, 0) is 31.2 Å². The average Bonchev–Trinajstić information content (AvgIpc) is 2.63. The number of hydrogen-bond donors (Lipinski definition) is 1. The summed E-state index contributed by atoms with van der Waals surface area (Å²) in [7, 11) is 0. The van der Waals surface area contributed by atoms with Crippen LogP contribution >= 0.6 is 0 Å². The fourth-order valence-corrected chi connectivity index (χ4v) is 2.43. The molecule has 1 saturated heterocycles. The maximum Gasteiger partial charge on any atom is 0.338 e. The maximum atomic E-state index is 11.7. The van der Waals surface area contributed by atoms with Crippen LogP contribution in [0.4, 0.5) is 17.3 Å². The molecule has 0 unspecified atom stereocenters. The second kappa shape index (κ2) is 7.74. The van der Waals surface area contributed by atoms with Crippen LogP contribution in [0.3, 0.4) is 0 Å². The molecule has 24 heavy (non-hydrogen) atoms. The molecular weight excluding hydrogens is 308 g/mol. The van der Waals surface area contributed by atoms with Crippen LogP contribution in [0.25, 0.3) is 0 Å². The van der Waals surface area contributed by atoms with Crippen molar-refractivity contribution < 1.29 is 14.3 Å². The number of carbonyl (C=O) groups excluding carboxylic acids is 1. The Labute approximate surface area is 140 Å². The third kappa shape index (κ3) is 3.99. The van der Waals surface area contributed by atoms with E-state index < -0.39 is 0 Å². The lowest BCUT2D eigenvalue weighted by Gasteiger charge is -2.27. The monoisotopic (exact) mass is 328 g/mol. The topological polar surface area (TPSA) is 76.6 Å². The second-order valence-electron chi connectivity index (χ2n) is 5.28. The average molecular weight is 328 g/mol. The van der Waals surface area contributed by atoms with Gasteiger partial charge in [-0.1, -0.05) is 0 Å². The zero-order valence-electron chi connectivity index (χ0n) is 13.6. The number of nitrogens with one attached hydrogen (secondary N) is 1. The van der Waals surface area contributed by atoms with Gasteiger partial charge >= 0.3 is 5.97 Å². The number of aromatic nitrogens is 2. The minimum absolute atomic E-state index is 0.319. The van der Waals surface area contributed by atoms with Crippen molar-refractivity contribution in [3.05, 3.63) is 42.2 Å². The molecule has 0 bridgehead atoms. The number of ether oxygens (including phenoxy) is 2. The zero-order valence-corrected chi connectivity index (χ0v) is 13.6. The van der Waals surface area contributed by atoms with Gasteiger partial charge < -0.3 is 19.7 Å². The SMILES string of the molecule is CCOC(=O)c1ccc(Nc2cc(N3CCOCC3)ncn2)cc1. The largest absolute Gasteiger partial charge is 0.462 e. The molecule has 1 aliphatic rings. The predicted molar refractivity (Wildman–Crippen MR) is 90.7 cm³/mol. The normalized spacial score (nSPS) is 14.3.